The molecule has 162 valence electrons. The van der Waals surface area contributed by atoms with E-state index in [4.69, 9.17) is 4.74 Å². The fourth-order valence-corrected chi connectivity index (χ4v) is 5.06. The highest BCUT2D eigenvalue weighted by Gasteiger charge is 2.19. The fraction of sp³-hybridized carbons (Fsp3) is 0.360. The zero-order chi connectivity index (χ0) is 21.6. The number of ether oxygens (including phenoxy) is 1. The van der Waals surface area contributed by atoms with E-state index < -0.39 is 0 Å². The first-order valence-electron chi connectivity index (χ1n) is 10.8. The minimum absolute atomic E-state index is 0.108. The number of aromatic nitrogens is 2. The smallest absolute Gasteiger partial charge is 0.259 e. The highest BCUT2D eigenvalue weighted by molar-refractivity contribution is 7.99. The standard InChI is InChI=1S/C25H29N3O2S/c1-18-24(19(2)28(27-18)16-20-7-4-3-5-8-20)25(29)26-22-10-6-9-21(15-22)17-31-23-11-13-30-14-12-23/h3-10,15,23H,11-14,16-17H2,1-2H3,(H,26,29). The number of aryl methyl sites for hydroxylation is 1. The summed E-state index contributed by atoms with van der Waals surface area (Å²) in [4.78, 5) is 13.1. The van der Waals surface area contributed by atoms with Crippen molar-refractivity contribution >= 4 is 23.4 Å². The molecule has 1 fully saturated rings. The summed E-state index contributed by atoms with van der Waals surface area (Å²) in [6.45, 7) is 6.23. The van der Waals surface area contributed by atoms with E-state index in [9.17, 15) is 4.79 Å². The van der Waals surface area contributed by atoms with Crippen molar-refractivity contribution in [3.63, 3.8) is 0 Å². The number of rotatable bonds is 7. The second-order valence-corrected chi connectivity index (χ2v) is 9.25. The van der Waals surface area contributed by atoms with Crippen LogP contribution in [0.25, 0.3) is 0 Å². The van der Waals surface area contributed by atoms with Gasteiger partial charge in [0.2, 0.25) is 0 Å². The zero-order valence-corrected chi connectivity index (χ0v) is 19.0. The molecule has 1 saturated heterocycles. The maximum Gasteiger partial charge on any atom is 0.259 e. The number of nitrogens with one attached hydrogen (secondary N) is 1. The highest BCUT2D eigenvalue weighted by Crippen LogP contribution is 2.27. The summed E-state index contributed by atoms with van der Waals surface area (Å²) in [6.07, 6.45) is 2.24. The molecule has 6 heteroatoms. The van der Waals surface area contributed by atoms with Gasteiger partial charge in [-0.25, -0.2) is 0 Å². The third kappa shape index (κ3) is 5.57. The van der Waals surface area contributed by atoms with E-state index in [-0.39, 0.29) is 5.91 Å². The SMILES string of the molecule is Cc1nn(Cc2ccccc2)c(C)c1C(=O)Nc1cccc(CSC2CCOCC2)c1. The topological polar surface area (TPSA) is 56.2 Å². The molecular formula is C25H29N3O2S. The van der Waals surface area contributed by atoms with Crippen molar-refractivity contribution in [3.05, 3.63) is 82.7 Å². The molecule has 2 heterocycles. The first-order chi connectivity index (χ1) is 15.1. The molecule has 1 aromatic heterocycles. The van der Waals surface area contributed by atoms with E-state index in [0.717, 1.165) is 54.4 Å². The van der Waals surface area contributed by atoms with E-state index >= 15 is 0 Å². The number of anilines is 1. The summed E-state index contributed by atoms with van der Waals surface area (Å²) in [5.41, 5.74) is 5.49. The molecule has 1 aliphatic rings. The summed E-state index contributed by atoms with van der Waals surface area (Å²) >= 11 is 1.98. The second-order valence-electron chi connectivity index (χ2n) is 7.97. The molecule has 0 radical (unpaired) electrons. The molecule has 1 aliphatic heterocycles. The van der Waals surface area contributed by atoms with E-state index in [1.807, 2.05) is 60.6 Å². The molecule has 0 spiro atoms. The van der Waals surface area contributed by atoms with Crippen LogP contribution < -0.4 is 5.32 Å². The molecule has 0 unspecified atom stereocenters. The van der Waals surface area contributed by atoms with Crippen LogP contribution in [-0.2, 0) is 17.0 Å². The number of amides is 1. The predicted molar refractivity (Wildman–Crippen MR) is 127 cm³/mol. The van der Waals surface area contributed by atoms with Gasteiger partial charge >= 0.3 is 0 Å². The highest BCUT2D eigenvalue weighted by atomic mass is 32.2. The van der Waals surface area contributed by atoms with Gasteiger partial charge in [0.25, 0.3) is 5.91 Å². The van der Waals surface area contributed by atoms with Gasteiger partial charge in [-0.1, -0.05) is 42.5 Å². The summed E-state index contributed by atoms with van der Waals surface area (Å²) < 4.78 is 7.35. The van der Waals surface area contributed by atoms with Gasteiger partial charge in [0.1, 0.15) is 0 Å². The molecule has 0 saturated carbocycles. The Morgan fingerprint density at radius 2 is 1.84 bits per heavy atom. The Morgan fingerprint density at radius 1 is 1.10 bits per heavy atom. The maximum atomic E-state index is 13.1. The van der Waals surface area contributed by atoms with Gasteiger partial charge in [-0.3, -0.25) is 9.48 Å². The number of carbonyl (C=O) groups is 1. The van der Waals surface area contributed by atoms with Gasteiger partial charge < -0.3 is 10.1 Å². The van der Waals surface area contributed by atoms with Crippen molar-refractivity contribution in [2.24, 2.45) is 0 Å². The number of thioether (sulfide) groups is 1. The Hall–Kier alpha value is -2.57. The molecule has 1 amide bonds. The molecule has 31 heavy (non-hydrogen) atoms. The number of hydrogen-bond acceptors (Lipinski definition) is 4. The van der Waals surface area contributed by atoms with Gasteiger partial charge in [-0.2, -0.15) is 16.9 Å². The van der Waals surface area contributed by atoms with E-state index in [1.54, 1.807) is 0 Å². The van der Waals surface area contributed by atoms with Gasteiger partial charge in [-0.05, 0) is 49.9 Å². The van der Waals surface area contributed by atoms with Crippen LogP contribution in [0, 0.1) is 13.8 Å². The van der Waals surface area contributed by atoms with E-state index in [0.29, 0.717) is 17.4 Å². The Bertz CT molecular complexity index is 1030. The number of hydrogen-bond donors (Lipinski definition) is 1. The average molecular weight is 436 g/mol. The summed E-state index contributed by atoms with van der Waals surface area (Å²) in [5, 5.41) is 8.34. The van der Waals surface area contributed by atoms with Gasteiger partial charge in [0.05, 0.1) is 17.8 Å². The predicted octanol–water partition coefficient (Wildman–Crippen LogP) is 5.21. The zero-order valence-electron chi connectivity index (χ0n) is 18.1. The van der Waals surface area contributed by atoms with Crippen LogP contribution >= 0.6 is 11.8 Å². The van der Waals surface area contributed by atoms with Gasteiger partial charge in [0.15, 0.2) is 0 Å². The third-order valence-corrected chi connectivity index (χ3v) is 7.07. The molecule has 4 rings (SSSR count). The van der Waals surface area contributed by atoms with Crippen LogP contribution in [0.5, 0.6) is 0 Å². The van der Waals surface area contributed by atoms with Gasteiger partial charge in [0, 0.05) is 35.6 Å². The van der Waals surface area contributed by atoms with Gasteiger partial charge in [-0.15, -0.1) is 0 Å². The lowest BCUT2D eigenvalue weighted by Gasteiger charge is -2.21. The first-order valence-corrected chi connectivity index (χ1v) is 11.8. The molecule has 1 N–H and O–H groups in total. The van der Waals surface area contributed by atoms with Crippen LogP contribution in [0.4, 0.5) is 5.69 Å². The number of benzene rings is 2. The summed E-state index contributed by atoms with van der Waals surface area (Å²) in [7, 11) is 0. The first kappa shape index (κ1) is 21.7. The van der Waals surface area contributed by atoms with Crippen LogP contribution in [0.3, 0.4) is 0 Å². The van der Waals surface area contributed by atoms with E-state index in [2.05, 4.69) is 34.7 Å². The van der Waals surface area contributed by atoms with Crippen molar-refractivity contribution in [2.45, 2.75) is 44.2 Å². The number of nitrogens with zero attached hydrogens (tertiary/aromatic N) is 2. The molecule has 3 aromatic rings. The van der Waals surface area contributed by atoms with Crippen molar-refractivity contribution < 1.29 is 9.53 Å². The molecule has 0 aliphatic carbocycles. The van der Waals surface area contributed by atoms with Crippen LogP contribution in [0.2, 0.25) is 0 Å². The summed E-state index contributed by atoms with van der Waals surface area (Å²) in [6, 6.07) is 18.3. The Labute approximate surface area is 188 Å². The second kappa shape index (κ2) is 10.2. The average Bonchev–Trinajstić information content (AvgIpc) is 3.07. The van der Waals surface area contributed by atoms with Crippen LogP contribution in [0.15, 0.2) is 54.6 Å². The fourth-order valence-electron chi connectivity index (χ4n) is 3.92. The van der Waals surface area contributed by atoms with E-state index in [1.165, 1.54) is 5.56 Å². The van der Waals surface area contributed by atoms with Crippen molar-refractivity contribution in [1.82, 2.24) is 9.78 Å². The molecular weight excluding hydrogens is 406 g/mol. The van der Waals surface area contributed by atoms with Crippen molar-refractivity contribution in [2.75, 3.05) is 18.5 Å². The van der Waals surface area contributed by atoms with Crippen molar-refractivity contribution in [3.8, 4) is 0 Å². The van der Waals surface area contributed by atoms with Crippen LogP contribution in [-0.4, -0.2) is 34.2 Å². The maximum absolute atomic E-state index is 13.1. The molecule has 0 atom stereocenters. The lowest BCUT2D eigenvalue weighted by molar-refractivity contribution is 0.0999. The Balaban J connectivity index is 1.42. The molecule has 5 nitrogen and oxygen atoms in total. The minimum Gasteiger partial charge on any atom is -0.381 e. The Kier molecular flexibility index (Phi) is 7.10. The number of carbonyl (C=O) groups excluding carboxylic acids is 1. The lowest BCUT2D eigenvalue weighted by Crippen LogP contribution is -2.17. The van der Waals surface area contributed by atoms with Crippen LogP contribution in [0.1, 0.15) is 45.7 Å². The van der Waals surface area contributed by atoms with Crippen molar-refractivity contribution in [1.29, 1.82) is 0 Å². The monoisotopic (exact) mass is 435 g/mol. The largest absolute Gasteiger partial charge is 0.381 e. The third-order valence-electron chi connectivity index (χ3n) is 5.62. The normalized spacial score (nSPS) is 14.5. The summed E-state index contributed by atoms with van der Waals surface area (Å²) in [5.74, 6) is 0.838. The Morgan fingerprint density at radius 3 is 2.61 bits per heavy atom. The molecule has 2 aromatic carbocycles. The lowest BCUT2D eigenvalue weighted by atomic mass is 10.1. The minimum atomic E-state index is -0.108. The quantitative estimate of drug-likeness (QED) is 0.553. The molecule has 0 bridgehead atoms.